The molecule has 1 aromatic heterocycles. The van der Waals surface area contributed by atoms with E-state index in [4.69, 9.17) is 14.6 Å². The minimum Gasteiger partial charge on any atom is -0.493 e. The van der Waals surface area contributed by atoms with Gasteiger partial charge in [-0.25, -0.2) is 4.39 Å². The van der Waals surface area contributed by atoms with E-state index in [9.17, 15) is 4.39 Å². The van der Waals surface area contributed by atoms with Gasteiger partial charge in [-0.3, -0.25) is 4.98 Å². The van der Waals surface area contributed by atoms with Crippen LogP contribution in [0.1, 0.15) is 19.3 Å². The first-order chi connectivity index (χ1) is 11.7. The third-order valence-electron chi connectivity index (χ3n) is 4.77. The lowest BCUT2D eigenvalue weighted by atomic mass is 9.93. The molecule has 1 aromatic carbocycles. The van der Waals surface area contributed by atoms with E-state index in [1.54, 1.807) is 26.4 Å². The van der Waals surface area contributed by atoms with Crippen molar-refractivity contribution in [2.45, 2.75) is 19.3 Å². The first-order valence-corrected chi connectivity index (χ1v) is 8.24. The molecule has 1 saturated heterocycles. The Labute approximate surface area is 141 Å². The maximum absolute atomic E-state index is 14.6. The van der Waals surface area contributed by atoms with Crippen molar-refractivity contribution >= 4 is 16.6 Å². The Kier molecular flexibility index (Phi) is 5.04. The number of hydrogen-bond acceptors (Lipinski definition) is 5. The minimum absolute atomic E-state index is 0.216. The Morgan fingerprint density at radius 2 is 1.88 bits per heavy atom. The highest BCUT2D eigenvalue weighted by molar-refractivity contribution is 5.94. The molecule has 0 bridgehead atoms. The topological polar surface area (TPSA) is 54.8 Å². The zero-order chi connectivity index (χ0) is 17.1. The maximum Gasteiger partial charge on any atom is 0.165 e. The second-order valence-electron chi connectivity index (χ2n) is 6.12. The third-order valence-corrected chi connectivity index (χ3v) is 4.77. The van der Waals surface area contributed by atoms with Crippen LogP contribution >= 0.6 is 0 Å². The lowest BCUT2D eigenvalue weighted by Gasteiger charge is -2.34. The molecular weight excluding hydrogens is 311 g/mol. The van der Waals surface area contributed by atoms with Crippen LogP contribution in [0.3, 0.4) is 0 Å². The van der Waals surface area contributed by atoms with Gasteiger partial charge in [-0.05, 0) is 31.2 Å². The fourth-order valence-electron chi connectivity index (χ4n) is 3.43. The molecule has 1 aliphatic heterocycles. The molecule has 0 unspecified atom stereocenters. The molecule has 2 heterocycles. The number of rotatable bonds is 5. The highest BCUT2D eigenvalue weighted by Gasteiger charge is 2.24. The van der Waals surface area contributed by atoms with E-state index in [0.29, 0.717) is 28.6 Å². The number of methoxy groups -OCH3 is 2. The number of benzene rings is 1. The molecule has 6 heteroatoms. The molecule has 0 saturated carbocycles. The molecule has 3 rings (SSSR count). The molecule has 0 amide bonds. The lowest BCUT2D eigenvalue weighted by molar-refractivity contribution is 0.240. The van der Waals surface area contributed by atoms with Gasteiger partial charge < -0.3 is 19.5 Å². The van der Waals surface area contributed by atoms with E-state index in [1.165, 1.54) is 6.20 Å². The molecule has 2 aromatic rings. The van der Waals surface area contributed by atoms with Crippen LogP contribution in [0.5, 0.6) is 11.5 Å². The van der Waals surface area contributed by atoms with Crippen molar-refractivity contribution in [3.8, 4) is 11.5 Å². The average Bonchev–Trinajstić information content (AvgIpc) is 2.61. The number of anilines is 1. The van der Waals surface area contributed by atoms with Gasteiger partial charge in [-0.15, -0.1) is 0 Å². The van der Waals surface area contributed by atoms with Crippen LogP contribution in [0.25, 0.3) is 10.9 Å². The lowest BCUT2D eigenvalue weighted by Crippen LogP contribution is -2.34. The number of piperidine rings is 1. The van der Waals surface area contributed by atoms with Gasteiger partial charge in [0.15, 0.2) is 17.3 Å². The largest absolute Gasteiger partial charge is 0.493 e. The summed E-state index contributed by atoms with van der Waals surface area (Å²) in [6.07, 6.45) is 4.00. The fraction of sp³-hybridized carbons (Fsp3) is 0.500. The summed E-state index contributed by atoms with van der Waals surface area (Å²) < 4.78 is 25.2. The minimum atomic E-state index is -0.324. The number of aliphatic hydroxyl groups excluding tert-OH is 1. The standard InChI is InChI=1S/C18H23FN2O3/c1-23-16-9-13-15(10-17(16)24-2)20-11-14(19)18(13)21-6-3-12(4-7-21)5-8-22/h9-12,22H,3-8H2,1-2H3. The Morgan fingerprint density at radius 3 is 2.50 bits per heavy atom. The Bertz CT molecular complexity index is 715. The number of pyridine rings is 1. The van der Waals surface area contributed by atoms with Crippen molar-refractivity contribution in [2.75, 3.05) is 38.8 Å². The zero-order valence-corrected chi connectivity index (χ0v) is 14.1. The number of ether oxygens (including phenoxy) is 2. The van der Waals surface area contributed by atoms with Gasteiger partial charge >= 0.3 is 0 Å². The molecule has 130 valence electrons. The number of aliphatic hydroxyl groups is 1. The molecule has 0 radical (unpaired) electrons. The van der Waals surface area contributed by atoms with E-state index < -0.39 is 0 Å². The summed E-state index contributed by atoms with van der Waals surface area (Å²) in [5.41, 5.74) is 1.25. The molecule has 1 N–H and O–H groups in total. The van der Waals surface area contributed by atoms with E-state index >= 15 is 0 Å². The Morgan fingerprint density at radius 1 is 1.21 bits per heavy atom. The average molecular weight is 334 g/mol. The summed E-state index contributed by atoms with van der Waals surface area (Å²) >= 11 is 0. The summed E-state index contributed by atoms with van der Waals surface area (Å²) in [5.74, 6) is 1.33. The van der Waals surface area contributed by atoms with E-state index in [2.05, 4.69) is 9.88 Å². The Balaban J connectivity index is 1.99. The van der Waals surface area contributed by atoms with Gasteiger partial charge in [0.25, 0.3) is 0 Å². The smallest absolute Gasteiger partial charge is 0.165 e. The van der Waals surface area contributed by atoms with Crippen LogP contribution in [-0.2, 0) is 0 Å². The van der Waals surface area contributed by atoms with Crippen LogP contribution in [0.2, 0.25) is 0 Å². The monoisotopic (exact) mass is 334 g/mol. The molecule has 0 aliphatic carbocycles. The molecule has 0 atom stereocenters. The van der Waals surface area contributed by atoms with Gasteiger partial charge in [-0.2, -0.15) is 0 Å². The zero-order valence-electron chi connectivity index (χ0n) is 14.1. The summed E-state index contributed by atoms with van der Waals surface area (Å²) in [4.78, 5) is 6.26. The SMILES string of the molecule is COc1cc2ncc(F)c(N3CCC(CCO)CC3)c2cc1OC. The molecule has 1 aliphatic rings. The van der Waals surface area contributed by atoms with E-state index in [0.717, 1.165) is 37.7 Å². The van der Waals surface area contributed by atoms with Crippen molar-refractivity contribution in [3.05, 3.63) is 24.1 Å². The van der Waals surface area contributed by atoms with Gasteiger partial charge in [0.2, 0.25) is 0 Å². The predicted octanol–water partition coefficient (Wildman–Crippen LogP) is 2.99. The van der Waals surface area contributed by atoms with Crippen LogP contribution in [0.4, 0.5) is 10.1 Å². The van der Waals surface area contributed by atoms with Gasteiger partial charge in [0.1, 0.15) is 0 Å². The maximum atomic E-state index is 14.6. The first kappa shape index (κ1) is 16.8. The van der Waals surface area contributed by atoms with Crippen LogP contribution < -0.4 is 14.4 Å². The van der Waals surface area contributed by atoms with Crippen LogP contribution in [0, 0.1) is 11.7 Å². The highest BCUT2D eigenvalue weighted by atomic mass is 19.1. The highest BCUT2D eigenvalue weighted by Crippen LogP contribution is 2.38. The molecule has 5 nitrogen and oxygen atoms in total. The third kappa shape index (κ3) is 3.11. The number of hydrogen-bond donors (Lipinski definition) is 1. The fourth-order valence-corrected chi connectivity index (χ4v) is 3.43. The van der Waals surface area contributed by atoms with Gasteiger partial charge in [-0.1, -0.05) is 0 Å². The summed E-state index contributed by atoms with van der Waals surface area (Å²) in [6.45, 7) is 1.76. The number of fused-ring (bicyclic) bond motifs is 1. The van der Waals surface area contributed by atoms with Crippen molar-refractivity contribution in [2.24, 2.45) is 5.92 Å². The van der Waals surface area contributed by atoms with Gasteiger partial charge in [0, 0.05) is 31.1 Å². The second kappa shape index (κ2) is 7.21. The van der Waals surface area contributed by atoms with Crippen LogP contribution in [-0.4, -0.2) is 44.0 Å². The van der Waals surface area contributed by atoms with Crippen molar-refractivity contribution in [1.29, 1.82) is 0 Å². The molecule has 0 spiro atoms. The second-order valence-corrected chi connectivity index (χ2v) is 6.12. The van der Waals surface area contributed by atoms with E-state index in [-0.39, 0.29) is 12.4 Å². The molecule has 1 fully saturated rings. The summed E-state index contributed by atoms with van der Waals surface area (Å²) in [5, 5.41) is 9.82. The number of aromatic nitrogens is 1. The Hall–Kier alpha value is -2.08. The first-order valence-electron chi connectivity index (χ1n) is 8.24. The quantitative estimate of drug-likeness (QED) is 0.911. The van der Waals surface area contributed by atoms with Crippen molar-refractivity contribution < 1.29 is 19.0 Å². The molecular formula is C18H23FN2O3. The van der Waals surface area contributed by atoms with Gasteiger partial charge in [0.05, 0.1) is 31.6 Å². The number of halogens is 1. The summed E-state index contributed by atoms with van der Waals surface area (Å²) in [6, 6.07) is 3.56. The predicted molar refractivity (Wildman–Crippen MR) is 91.4 cm³/mol. The summed E-state index contributed by atoms with van der Waals surface area (Å²) in [7, 11) is 3.14. The molecule has 24 heavy (non-hydrogen) atoms. The normalized spacial score (nSPS) is 15.8. The van der Waals surface area contributed by atoms with Crippen molar-refractivity contribution in [3.63, 3.8) is 0 Å². The van der Waals surface area contributed by atoms with Crippen LogP contribution in [0.15, 0.2) is 18.3 Å². The van der Waals surface area contributed by atoms with Crippen molar-refractivity contribution in [1.82, 2.24) is 4.98 Å². The van der Waals surface area contributed by atoms with E-state index in [1.807, 2.05) is 0 Å². The number of nitrogens with zero attached hydrogens (tertiary/aromatic N) is 2.